The molecule has 1 aromatic carbocycles. The molecule has 8 nitrogen and oxygen atoms in total. The van der Waals surface area contributed by atoms with Gasteiger partial charge in [0, 0.05) is 61.0 Å². The summed E-state index contributed by atoms with van der Waals surface area (Å²) in [6.45, 7) is 8.54. The molecule has 200 valence electrons. The van der Waals surface area contributed by atoms with Gasteiger partial charge in [-0.1, -0.05) is 18.2 Å². The summed E-state index contributed by atoms with van der Waals surface area (Å²) in [5.41, 5.74) is 4.11. The summed E-state index contributed by atoms with van der Waals surface area (Å²) < 4.78 is 14.0. The monoisotopic (exact) mass is 525 g/mol. The number of ether oxygens (including phenoxy) is 2. The van der Waals surface area contributed by atoms with Gasteiger partial charge in [0.25, 0.3) is 5.91 Å². The highest BCUT2D eigenvalue weighted by Gasteiger charge is 2.34. The number of piperidine rings is 2. The minimum atomic E-state index is 0.0532. The molecule has 6 rings (SSSR count). The molecule has 4 aliphatic rings. The number of aromatic nitrogens is 2. The van der Waals surface area contributed by atoms with E-state index in [1.54, 1.807) is 0 Å². The molecule has 3 saturated heterocycles. The summed E-state index contributed by atoms with van der Waals surface area (Å²) >= 11 is 1.82. The lowest BCUT2D eigenvalue weighted by Gasteiger charge is -2.35. The number of carbonyl (C=O) groups excluding carboxylic acids is 1. The lowest BCUT2D eigenvalue weighted by molar-refractivity contribution is -0.00147. The Labute approximate surface area is 224 Å². The number of hydrogen-bond acceptors (Lipinski definition) is 7. The van der Waals surface area contributed by atoms with Crippen molar-refractivity contribution in [1.29, 1.82) is 0 Å². The number of carbonyl (C=O) groups is 1. The van der Waals surface area contributed by atoms with Crippen molar-refractivity contribution in [2.75, 3.05) is 72.7 Å². The zero-order valence-electron chi connectivity index (χ0n) is 21.9. The molecule has 1 amide bonds. The lowest BCUT2D eigenvalue weighted by Crippen LogP contribution is -2.41. The molecule has 5 heterocycles. The number of nitrogens with zero attached hydrogens (tertiary/aromatic N) is 5. The average molecular weight is 526 g/mol. The number of benzene rings is 1. The summed E-state index contributed by atoms with van der Waals surface area (Å²) in [4.78, 5) is 21.7. The number of rotatable bonds is 6. The van der Waals surface area contributed by atoms with E-state index >= 15 is 0 Å². The number of likely N-dealkylation sites (tertiary alicyclic amines) is 2. The Bertz CT molecular complexity index is 1090. The van der Waals surface area contributed by atoms with Crippen LogP contribution in [0.5, 0.6) is 0 Å². The first-order valence-electron chi connectivity index (χ1n) is 13.9. The van der Waals surface area contributed by atoms with Crippen LogP contribution in [0.3, 0.4) is 0 Å². The van der Waals surface area contributed by atoms with E-state index in [1.807, 2.05) is 16.7 Å². The van der Waals surface area contributed by atoms with Crippen LogP contribution in [0.1, 0.15) is 47.8 Å². The van der Waals surface area contributed by atoms with Gasteiger partial charge in [0.05, 0.1) is 37.7 Å². The molecule has 0 aliphatic carbocycles. The zero-order valence-corrected chi connectivity index (χ0v) is 22.8. The maximum Gasteiger partial charge on any atom is 0.274 e. The van der Waals surface area contributed by atoms with Crippen molar-refractivity contribution in [1.82, 2.24) is 24.5 Å². The highest BCUT2D eigenvalue weighted by molar-refractivity contribution is 7.98. The van der Waals surface area contributed by atoms with E-state index in [9.17, 15) is 4.79 Å². The highest BCUT2D eigenvalue weighted by atomic mass is 32.2. The standard InChI is InChI=1S/C28H39N5O3S/c1-30-11-8-22(9-12-30)36-18-13-31-10-4-5-21(19-31)33-27-23-6-2-3-7-25(23)37-20-24(27)26(29-33)28(34)32-14-16-35-17-15-32/h2-3,6-7,21-22H,4-5,8-20H2,1H3. The van der Waals surface area contributed by atoms with Gasteiger partial charge in [0.1, 0.15) is 0 Å². The second-order valence-electron chi connectivity index (χ2n) is 10.8. The molecule has 3 fully saturated rings. The molecule has 9 heteroatoms. The Kier molecular flexibility index (Phi) is 7.85. The van der Waals surface area contributed by atoms with Gasteiger partial charge in [-0.05, 0) is 45.3 Å². The molecule has 2 aromatic rings. The third kappa shape index (κ3) is 5.47. The maximum atomic E-state index is 13.6. The normalized spacial score (nSPS) is 23.6. The van der Waals surface area contributed by atoms with Gasteiger partial charge in [-0.15, -0.1) is 11.8 Å². The first kappa shape index (κ1) is 25.4. The van der Waals surface area contributed by atoms with E-state index in [1.165, 1.54) is 10.5 Å². The summed E-state index contributed by atoms with van der Waals surface area (Å²) in [6.07, 6.45) is 4.89. The predicted molar refractivity (Wildman–Crippen MR) is 145 cm³/mol. The van der Waals surface area contributed by atoms with Crippen LogP contribution in [0, 0.1) is 0 Å². The van der Waals surface area contributed by atoms with Crippen molar-refractivity contribution in [2.45, 2.75) is 48.5 Å². The second kappa shape index (κ2) is 11.5. The van der Waals surface area contributed by atoms with E-state index in [4.69, 9.17) is 14.6 Å². The molecule has 0 spiro atoms. The van der Waals surface area contributed by atoms with Crippen molar-refractivity contribution in [2.24, 2.45) is 0 Å². The zero-order chi connectivity index (χ0) is 25.2. The first-order valence-corrected chi connectivity index (χ1v) is 14.9. The fourth-order valence-corrected chi connectivity index (χ4v) is 7.18. The van der Waals surface area contributed by atoms with Crippen molar-refractivity contribution < 1.29 is 14.3 Å². The molecular formula is C28H39N5O3S. The Hall–Kier alpha value is -1.91. The molecule has 0 saturated carbocycles. The third-order valence-corrected chi connectivity index (χ3v) is 9.38. The van der Waals surface area contributed by atoms with Crippen LogP contribution >= 0.6 is 11.8 Å². The number of fused-ring (bicyclic) bond motifs is 3. The Morgan fingerprint density at radius 1 is 1.11 bits per heavy atom. The van der Waals surface area contributed by atoms with E-state index in [-0.39, 0.29) is 11.9 Å². The summed E-state index contributed by atoms with van der Waals surface area (Å²) in [5.74, 6) is 0.844. The van der Waals surface area contributed by atoms with E-state index in [0.717, 1.165) is 82.0 Å². The van der Waals surface area contributed by atoms with Gasteiger partial charge < -0.3 is 19.3 Å². The van der Waals surface area contributed by atoms with Crippen LogP contribution in [0.15, 0.2) is 29.2 Å². The van der Waals surface area contributed by atoms with Gasteiger partial charge in [-0.2, -0.15) is 5.10 Å². The van der Waals surface area contributed by atoms with E-state index < -0.39 is 0 Å². The quantitative estimate of drug-likeness (QED) is 0.573. The number of morpholine rings is 1. The van der Waals surface area contributed by atoms with Crippen LogP contribution in [0.25, 0.3) is 11.3 Å². The smallest absolute Gasteiger partial charge is 0.274 e. The van der Waals surface area contributed by atoms with Gasteiger partial charge >= 0.3 is 0 Å². The van der Waals surface area contributed by atoms with E-state index in [0.29, 0.717) is 38.1 Å². The average Bonchev–Trinajstić information content (AvgIpc) is 3.35. The number of thioether (sulfide) groups is 1. The molecule has 1 aromatic heterocycles. The summed E-state index contributed by atoms with van der Waals surface area (Å²) in [6, 6.07) is 8.84. The maximum absolute atomic E-state index is 13.6. The van der Waals surface area contributed by atoms with Crippen LogP contribution in [0.2, 0.25) is 0 Å². The van der Waals surface area contributed by atoms with Gasteiger partial charge in [0.15, 0.2) is 5.69 Å². The fourth-order valence-electron chi connectivity index (χ4n) is 6.12. The lowest BCUT2D eigenvalue weighted by atomic mass is 10.0. The SMILES string of the molecule is CN1CCC(OCCN2CCCC(n3nc(C(=O)N4CCOCC4)c4c3-c3ccccc3SC4)C2)CC1. The third-order valence-electron chi connectivity index (χ3n) is 8.28. The fraction of sp³-hybridized carbons (Fsp3) is 0.643. The topological polar surface area (TPSA) is 63.1 Å². The van der Waals surface area contributed by atoms with Crippen molar-refractivity contribution >= 4 is 17.7 Å². The van der Waals surface area contributed by atoms with Crippen molar-refractivity contribution in [3.05, 3.63) is 35.5 Å². The van der Waals surface area contributed by atoms with Crippen LogP contribution in [-0.2, 0) is 15.2 Å². The summed E-state index contributed by atoms with van der Waals surface area (Å²) in [7, 11) is 2.19. The van der Waals surface area contributed by atoms with Gasteiger partial charge in [-0.25, -0.2) is 0 Å². The minimum Gasteiger partial charge on any atom is -0.378 e. The molecule has 1 atom stereocenters. The molecule has 37 heavy (non-hydrogen) atoms. The van der Waals surface area contributed by atoms with Gasteiger partial charge in [-0.3, -0.25) is 14.4 Å². The second-order valence-corrected chi connectivity index (χ2v) is 11.8. The largest absolute Gasteiger partial charge is 0.378 e. The highest BCUT2D eigenvalue weighted by Crippen LogP contribution is 2.44. The van der Waals surface area contributed by atoms with Crippen LogP contribution < -0.4 is 0 Å². The molecule has 0 bridgehead atoms. The van der Waals surface area contributed by atoms with E-state index in [2.05, 4.69) is 45.8 Å². The van der Waals surface area contributed by atoms with Crippen molar-refractivity contribution in [3.63, 3.8) is 0 Å². The predicted octanol–water partition coefficient (Wildman–Crippen LogP) is 3.38. The van der Waals surface area contributed by atoms with Gasteiger partial charge in [0.2, 0.25) is 0 Å². The molecule has 4 aliphatic heterocycles. The Balaban J connectivity index is 1.21. The molecule has 0 N–H and O–H groups in total. The number of hydrogen-bond donors (Lipinski definition) is 0. The van der Waals surface area contributed by atoms with Crippen molar-refractivity contribution in [3.8, 4) is 11.3 Å². The first-order chi connectivity index (χ1) is 18.2. The van der Waals surface area contributed by atoms with Crippen LogP contribution in [0.4, 0.5) is 0 Å². The molecular weight excluding hydrogens is 486 g/mol. The summed E-state index contributed by atoms with van der Waals surface area (Å²) in [5, 5.41) is 5.09. The Morgan fingerprint density at radius 3 is 2.76 bits per heavy atom. The molecule has 1 unspecified atom stereocenters. The number of amides is 1. The Morgan fingerprint density at radius 2 is 1.92 bits per heavy atom. The molecule has 0 radical (unpaired) electrons. The minimum absolute atomic E-state index is 0.0532. The van der Waals surface area contributed by atoms with Crippen LogP contribution in [-0.4, -0.2) is 109 Å².